The largest absolute Gasteiger partial charge is 0.441 e. The van der Waals surface area contributed by atoms with E-state index in [0.717, 1.165) is 48.7 Å². The van der Waals surface area contributed by atoms with Crippen LogP contribution >= 0.6 is 0 Å². The first-order valence-electron chi connectivity index (χ1n) is 9.23. The van der Waals surface area contributed by atoms with Gasteiger partial charge in [0.1, 0.15) is 11.4 Å². The van der Waals surface area contributed by atoms with Gasteiger partial charge in [-0.05, 0) is 0 Å². The number of benzene rings is 1. The van der Waals surface area contributed by atoms with Gasteiger partial charge >= 0.3 is 6.09 Å². The molecular weight excluding hydrogens is 342 g/mol. The number of carbonyl (C=O) groups is 1. The van der Waals surface area contributed by atoms with E-state index in [2.05, 4.69) is 28.2 Å². The van der Waals surface area contributed by atoms with Crippen molar-refractivity contribution in [3.8, 4) is 11.3 Å². The molecule has 3 aromatic rings. The number of anilines is 1. The molecule has 0 aliphatic carbocycles. The van der Waals surface area contributed by atoms with E-state index in [1.54, 1.807) is 18.1 Å². The average molecular weight is 363 g/mol. The summed E-state index contributed by atoms with van der Waals surface area (Å²) < 4.78 is 7.56. The SMILES string of the molecule is CN1CC2(CCN(c3cc(-c4ccccc4)nc4ccnn34)CC2)OC1=O. The minimum Gasteiger partial charge on any atom is -0.441 e. The van der Waals surface area contributed by atoms with E-state index in [-0.39, 0.29) is 11.7 Å². The van der Waals surface area contributed by atoms with E-state index < -0.39 is 0 Å². The normalized spacial score (nSPS) is 19.1. The molecule has 0 atom stereocenters. The Labute approximate surface area is 157 Å². The molecule has 0 bridgehead atoms. The van der Waals surface area contributed by atoms with Crippen molar-refractivity contribution in [1.82, 2.24) is 19.5 Å². The summed E-state index contributed by atoms with van der Waals surface area (Å²) >= 11 is 0. The molecule has 2 saturated heterocycles. The van der Waals surface area contributed by atoms with Crippen molar-refractivity contribution >= 4 is 17.6 Å². The Morgan fingerprint density at radius 2 is 1.89 bits per heavy atom. The van der Waals surface area contributed by atoms with Crippen LogP contribution in [0.15, 0.2) is 48.7 Å². The Kier molecular flexibility index (Phi) is 3.56. The highest BCUT2D eigenvalue weighted by Crippen LogP contribution is 2.35. The molecule has 1 spiro atoms. The standard InChI is InChI=1S/C20H21N5O2/c1-23-14-20(27-19(23)26)8-11-24(12-9-20)18-13-16(15-5-3-2-4-6-15)22-17-7-10-21-25(17)18/h2-7,10,13H,8-9,11-12,14H2,1H3. The molecule has 1 aromatic carbocycles. The zero-order chi connectivity index (χ0) is 18.4. The number of nitrogens with zero attached hydrogens (tertiary/aromatic N) is 5. The third-order valence-electron chi connectivity index (χ3n) is 5.55. The second kappa shape index (κ2) is 5.97. The second-order valence-corrected chi connectivity index (χ2v) is 7.36. The van der Waals surface area contributed by atoms with Crippen molar-refractivity contribution in [3.05, 3.63) is 48.7 Å². The molecule has 5 rings (SSSR count). The molecule has 2 aromatic heterocycles. The molecule has 7 nitrogen and oxygen atoms in total. The first-order chi connectivity index (χ1) is 13.1. The summed E-state index contributed by atoms with van der Waals surface area (Å²) in [4.78, 5) is 20.5. The Hall–Kier alpha value is -3.09. The predicted molar refractivity (Wildman–Crippen MR) is 102 cm³/mol. The summed E-state index contributed by atoms with van der Waals surface area (Å²) in [6.45, 7) is 2.30. The molecule has 0 N–H and O–H groups in total. The fourth-order valence-electron chi connectivity index (χ4n) is 4.07. The monoisotopic (exact) mass is 363 g/mol. The van der Waals surface area contributed by atoms with Crippen LogP contribution in [-0.4, -0.2) is 57.9 Å². The van der Waals surface area contributed by atoms with Crippen LogP contribution in [-0.2, 0) is 4.74 Å². The Bertz CT molecular complexity index is 992. The number of hydrogen-bond donors (Lipinski definition) is 0. The van der Waals surface area contributed by atoms with Crippen LogP contribution in [0.3, 0.4) is 0 Å². The topological polar surface area (TPSA) is 63.0 Å². The Balaban J connectivity index is 1.47. The van der Waals surface area contributed by atoms with Gasteiger partial charge in [0, 0.05) is 50.7 Å². The average Bonchev–Trinajstić information content (AvgIpc) is 3.27. The lowest BCUT2D eigenvalue weighted by molar-refractivity contribution is 0.0365. The quantitative estimate of drug-likeness (QED) is 0.701. The maximum Gasteiger partial charge on any atom is 0.410 e. The van der Waals surface area contributed by atoms with Crippen molar-refractivity contribution in [2.75, 3.05) is 31.6 Å². The minimum absolute atomic E-state index is 0.215. The first-order valence-corrected chi connectivity index (χ1v) is 9.23. The molecule has 2 aliphatic rings. The number of piperidine rings is 1. The van der Waals surface area contributed by atoms with Crippen LogP contribution < -0.4 is 4.90 Å². The summed E-state index contributed by atoms with van der Waals surface area (Å²) in [6.07, 6.45) is 3.19. The number of likely N-dealkylation sites (N-methyl/N-ethyl adjacent to an activating group) is 1. The third kappa shape index (κ3) is 2.70. The van der Waals surface area contributed by atoms with Crippen LogP contribution in [0.1, 0.15) is 12.8 Å². The van der Waals surface area contributed by atoms with E-state index in [9.17, 15) is 4.79 Å². The lowest BCUT2D eigenvalue weighted by Crippen LogP contribution is -2.47. The van der Waals surface area contributed by atoms with Crippen LogP contribution in [0.25, 0.3) is 16.9 Å². The molecule has 0 radical (unpaired) electrons. The van der Waals surface area contributed by atoms with Crippen molar-refractivity contribution in [3.63, 3.8) is 0 Å². The minimum atomic E-state index is -0.346. The fourth-order valence-corrected chi connectivity index (χ4v) is 4.07. The molecule has 4 heterocycles. The number of aromatic nitrogens is 3. The van der Waals surface area contributed by atoms with Gasteiger partial charge in [-0.15, -0.1) is 0 Å². The highest BCUT2D eigenvalue weighted by molar-refractivity contribution is 5.70. The Morgan fingerprint density at radius 3 is 2.59 bits per heavy atom. The summed E-state index contributed by atoms with van der Waals surface area (Å²) in [6, 6.07) is 14.2. The second-order valence-electron chi connectivity index (χ2n) is 7.36. The van der Waals surface area contributed by atoms with Gasteiger partial charge in [0.15, 0.2) is 5.65 Å². The molecule has 0 unspecified atom stereocenters. The van der Waals surface area contributed by atoms with Gasteiger partial charge < -0.3 is 14.5 Å². The highest BCUT2D eigenvalue weighted by atomic mass is 16.6. The van der Waals surface area contributed by atoms with Crippen molar-refractivity contribution in [2.45, 2.75) is 18.4 Å². The van der Waals surface area contributed by atoms with E-state index in [1.165, 1.54) is 0 Å². The smallest absolute Gasteiger partial charge is 0.410 e. The number of fused-ring (bicyclic) bond motifs is 1. The van der Waals surface area contributed by atoms with E-state index >= 15 is 0 Å². The van der Waals surface area contributed by atoms with Gasteiger partial charge in [0.05, 0.1) is 18.4 Å². The zero-order valence-electron chi connectivity index (χ0n) is 15.2. The number of ether oxygens (including phenoxy) is 1. The number of hydrogen-bond acceptors (Lipinski definition) is 5. The first kappa shape index (κ1) is 16.1. The number of carbonyl (C=O) groups excluding carboxylic acids is 1. The van der Waals surface area contributed by atoms with Gasteiger partial charge in [-0.25, -0.2) is 9.78 Å². The lowest BCUT2D eigenvalue weighted by atomic mass is 9.91. The van der Waals surface area contributed by atoms with Gasteiger partial charge in [0.2, 0.25) is 0 Å². The maximum atomic E-state index is 11.8. The third-order valence-corrected chi connectivity index (χ3v) is 5.55. The molecule has 138 valence electrons. The molecule has 2 aliphatic heterocycles. The highest BCUT2D eigenvalue weighted by Gasteiger charge is 2.45. The van der Waals surface area contributed by atoms with Crippen LogP contribution in [0.5, 0.6) is 0 Å². The summed E-state index contributed by atoms with van der Waals surface area (Å²) in [5.41, 5.74) is 2.51. The molecular formula is C20H21N5O2. The Morgan fingerprint density at radius 1 is 1.11 bits per heavy atom. The van der Waals surface area contributed by atoms with Gasteiger partial charge in [0.25, 0.3) is 0 Å². The van der Waals surface area contributed by atoms with Crippen LogP contribution in [0, 0.1) is 0 Å². The summed E-state index contributed by atoms with van der Waals surface area (Å²) in [5, 5.41) is 4.46. The number of rotatable bonds is 2. The lowest BCUT2D eigenvalue weighted by Gasteiger charge is -2.38. The van der Waals surface area contributed by atoms with Crippen LogP contribution in [0.4, 0.5) is 10.6 Å². The van der Waals surface area contributed by atoms with Gasteiger partial charge in [-0.1, -0.05) is 30.3 Å². The van der Waals surface area contributed by atoms with Crippen molar-refractivity contribution in [2.24, 2.45) is 0 Å². The summed E-state index contributed by atoms with van der Waals surface area (Å²) in [7, 11) is 1.80. The van der Waals surface area contributed by atoms with E-state index in [4.69, 9.17) is 9.72 Å². The molecule has 27 heavy (non-hydrogen) atoms. The zero-order valence-corrected chi connectivity index (χ0v) is 15.2. The van der Waals surface area contributed by atoms with Crippen molar-refractivity contribution in [1.29, 1.82) is 0 Å². The summed E-state index contributed by atoms with van der Waals surface area (Å²) in [5.74, 6) is 1.02. The molecule has 1 amide bonds. The van der Waals surface area contributed by atoms with Crippen molar-refractivity contribution < 1.29 is 9.53 Å². The molecule has 0 saturated carbocycles. The number of amides is 1. The fraction of sp³-hybridized carbons (Fsp3) is 0.350. The van der Waals surface area contributed by atoms with Crippen LogP contribution in [0.2, 0.25) is 0 Å². The van der Waals surface area contributed by atoms with E-state index in [1.807, 2.05) is 28.8 Å². The van der Waals surface area contributed by atoms with Gasteiger partial charge in [-0.3, -0.25) is 0 Å². The molecule has 2 fully saturated rings. The molecule has 7 heteroatoms. The maximum absolute atomic E-state index is 11.8. The van der Waals surface area contributed by atoms with E-state index in [0.29, 0.717) is 6.54 Å². The predicted octanol–water partition coefficient (Wildman–Crippen LogP) is 2.82. The van der Waals surface area contributed by atoms with Gasteiger partial charge in [-0.2, -0.15) is 9.61 Å².